The summed E-state index contributed by atoms with van der Waals surface area (Å²) in [5.41, 5.74) is 2.07. The Labute approximate surface area is 185 Å². The molecule has 0 aliphatic rings. The Morgan fingerprint density at radius 1 is 1.03 bits per heavy atom. The third-order valence-electron chi connectivity index (χ3n) is 4.76. The minimum absolute atomic E-state index is 0.154. The number of rotatable bonds is 8. The first-order valence-electron chi connectivity index (χ1n) is 9.57. The number of thiophene rings is 1. The van der Waals surface area contributed by atoms with Crippen LogP contribution in [0.15, 0.2) is 66.0 Å². The zero-order valence-electron chi connectivity index (χ0n) is 16.9. The second-order valence-corrected chi connectivity index (χ2v) is 8.50. The van der Waals surface area contributed by atoms with Gasteiger partial charge in [0.25, 0.3) is 11.8 Å². The van der Waals surface area contributed by atoms with Crippen LogP contribution in [0.25, 0.3) is 0 Å². The number of likely N-dealkylation sites (N-methyl/N-ethyl adjacent to an activating group) is 1. The number of carbonyl (C=O) groups is 2. The number of nitrogens with one attached hydrogen (secondary N) is 2. The van der Waals surface area contributed by atoms with E-state index in [1.165, 1.54) is 16.9 Å². The molecule has 1 heterocycles. The zero-order chi connectivity index (χ0) is 21.5. The predicted octanol–water partition coefficient (Wildman–Crippen LogP) is 4.56. The summed E-state index contributed by atoms with van der Waals surface area (Å²) in [6.07, 6.45) is 0.830. The van der Waals surface area contributed by atoms with Gasteiger partial charge < -0.3 is 15.5 Å². The van der Waals surface area contributed by atoms with Crippen molar-refractivity contribution in [3.63, 3.8) is 0 Å². The summed E-state index contributed by atoms with van der Waals surface area (Å²) in [6.45, 7) is 0.500. The van der Waals surface area contributed by atoms with Crippen molar-refractivity contribution < 1.29 is 9.59 Å². The maximum absolute atomic E-state index is 12.7. The molecule has 156 valence electrons. The molecular weight excluding hydrogens is 418 g/mol. The van der Waals surface area contributed by atoms with Crippen LogP contribution in [0.5, 0.6) is 0 Å². The molecular formula is C23H24ClN3O2S. The van der Waals surface area contributed by atoms with E-state index in [2.05, 4.69) is 27.7 Å². The molecule has 30 heavy (non-hydrogen) atoms. The molecule has 0 unspecified atom stereocenters. The summed E-state index contributed by atoms with van der Waals surface area (Å²) in [6, 6.07) is 18.8. The van der Waals surface area contributed by atoms with Crippen LogP contribution in [0.3, 0.4) is 0 Å². The van der Waals surface area contributed by atoms with Crippen molar-refractivity contribution in [2.24, 2.45) is 0 Å². The molecule has 5 nitrogen and oxygen atoms in total. The van der Waals surface area contributed by atoms with Gasteiger partial charge in [-0.15, -0.1) is 11.3 Å². The molecule has 0 spiro atoms. The van der Waals surface area contributed by atoms with Crippen LogP contribution < -0.4 is 10.6 Å². The van der Waals surface area contributed by atoms with Crippen LogP contribution in [0, 0.1) is 0 Å². The molecule has 2 aromatic carbocycles. The monoisotopic (exact) mass is 441 g/mol. The molecule has 1 atom stereocenters. The van der Waals surface area contributed by atoms with E-state index < -0.39 is 0 Å². The minimum atomic E-state index is -0.250. The Bertz CT molecular complexity index is 991. The van der Waals surface area contributed by atoms with Crippen molar-refractivity contribution in [2.75, 3.05) is 26.0 Å². The maximum atomic E-state index is 12.7. The number of anilines is 1. The van der Waals surface area contributed by atoms with Crippen molar-refractivity contribution in [1.82, 2.24) is 10.2 Å². The number of amides is 2. The van der Waals surface area contributed by atoms with Gasteiger partial charge in [0.1, 0.15) is 0 Å². The third-order valence-corrected chi connectivity index (χ3v) is 5.96. The molecule has 0 aliphatic heterocycles. The lowest BCUT2D eigenvalue weighted by molar-refractivity contribution is 0.0940. The van der Waals surface area contributed by atoms with Crippen molar-refractivity contribution >= 4 is 40.4 Å². The number of hydrogen-bond donors (Lipinski definition) is 2. The maximum Gasteiger partial charge on any atom is 0.265 e. The van der Waals surface area contributed by atoms with Crippen molar-refractivity contribution in [2.45, 2.75) is 12.5 Å². The van der Waals surface area contributed by atoms with Crippen molar-refractivity contribution in [1.29, 1.82) is 0 Å². The quantitative estimate of drug-likeness (QED) is 0.538. The number of carbonyl (C=O) groups excluding carboxylic acids is 2. The van der Waals surface area contributed by atoms with E-state index >= 15 is 0 Å². The van der Waals surface area contributed by atoms with Gasteiger partial charge in [0.05, 0.1) is 15.6 Å². The van der Waals surface area contributed by atoms with Gasteiger partial charge in [0, 0.05) is 18.2 Å². The van der Waals surface area contributed by atoms with E-state index in [9.17, 15) is 9.59 Å². The van der Waals surface area contributed by atoms with Crippen LogP contribution >= 0.6 is 22.9 Å². The first-order chi connectivity index (χ1) is 14.4. The molecule has 1 aromatic heterocycles. The van der Waals surface area contributed by atoms with E-state index in [-0.39, 0.29) is 17.9 Å². The Morgan fingerprint density at radius 3 is 2.47 bits per heavy atom. The fourth-order valence-corrected chi connectivity index (χ4v) is 3.77. The highest BCUT2D eigenvalue weighted by Gasteiger charge is 2.16. The number of halogens is 1. The van der Waals surface area contributed by atoms with Gasteiger partial charge in [0.2, 0.25) is 0 Å². The van der Waals surface area contributed by atoms with E-state index in [0.717, 1.165) is 6.42 Å². The highest BCUT2D eigenvalue weighted by Crippen LogP contribution is 2.24. The molecule has 0 radical (unpaired) electrons. The Hall–Kier alpha value is -2.67. The summed E-state index contributed by atoms with van der Waals surface area (Å²) in [5.74, 6) is -0.460. The average Bonchev–Trinajstić information content (AvgIpc) is 3.28. The summed E-state index contributed by atoms with van der Waals surface area (Å²) in [4.78, 5) is 27.7. The minimum Gasteiger partial charge on any atom is -0.350 e. The smallest absolute Gasteiger partial charge is 0.265 e. The largest absolute Gasteiger partial charge is 0.350 e. The number of nitrogens with zero attached hydrogens (tertiary/aromatic N) is 1. The van der Waals surface area contributed by atoms with E-state index in [1.54, 1.807) is 24.3 Å². The molecule has 0 bridgehead atoms. The van der Waals surface area contributed by atoms with Gasteiger partial charge >= 0.3 is 0 Å². The van der Waals surface area contributed by atoms with Gasteiger partial charge in [-0.25, -0.2) is 0 Å². The van der Waals surface area contributed by atoms with Crippen LogP contribution in [-0.4, -0.2) is 43.4 Å². The number of benzene rings is 2. The number of hydrogen-bond acceptors (Lipinski definition) is 4. The summed E-state index contributed by atoms with van der Waals surface area (Å²) in [5, 5.41) is 7.98. The molecule has 7 heteroatoms. The van der Waals surface area contributed by atoms with Crippen molar-refractivity contribution in [3.05, 3.63) is 87.1 Å². The van der Waals surface area contributed by atoms with E-state index in [0.29, 0.717) is 27.7 Å². The van der Waals surface area contributed by atoms with Crippen molar-refractivity contribution in [3.8, 4) is 0 Å². The molecule has 3 aromatic rings. The first-order valence-corrected chi connectivity index (χ1v) is 10.8. The summed E-state index contributed by atoms with van der Waals surface area (Å²) >= 11 is 7.56. The third kappa shape index (κ3) is 5.92. The fourth-order valence-electron chi connectivity index (χ4n) is 2.99. The lowest BCUT2D eigenvalue weighted by Gasteiger charge is -2.25. The van der Waals surface area contributed by atoms with Crippen LogP contribution in [0.4, 0.5) is 5.69 Å². The SMILES string of the molecule is CN(C)[C@H](CNC(=O)c1ccc(Cl)c(NC(=O)c2cccs2)c1)Cc1ccccc1. The van der Waals surface area contributed by atoms with Gasteiger partial charge in [-0.1, -0.05) is 48.0 Å². The lowest BCUT2D eigenvalue weighted by atomic mass is 10.0. The zero-order valence-corrected chi connectivity index (χ0v) is 18.5. The normalized spacial score (nSPS) is 11.9. The topological polar surface area (TPSA) is 61.4 Å². The predicted molar refractivity (Wildman–Crippen MR) is 124 cm³/mol. The summed E-state index contributed by atoms with van der Waals surface area (Å²) in [7, 11) is 4.00. The Kier molecular flexibility index (Phi) is 7.63. The lowest BCUT2D eigenvalue weighted by Crippen LogP contribution is -2.41. The Balaban J connectivity index is 1.65. The van der Waals surface area contributed by atoms with Crippen LogP contribution in [-0.2, 0) is 6.42 Å². The van der Waals surface area contributed by atoms with Crippen LogP contribution in [0.1, 0.15) is 25.6 Å². The van der Waals surface area contributed by atoms with Gasteiger partial charge in [-0.05, 0) is 55.7 Å². The van der Waals surface area contributed by atoms with E-state index in [4.69, 9.17) is 11.6 Å². The Morgan fingerprint density at radius 2 is 1.80 bits per heavy atom. The molecule has 0 fully saturated rings. The summed E-state index contributed by atoms with van der Waals surface area (Å²) < 4.78 is 0. The molecule has 2 N–H and O–H groups in total. The highest BCUT2D eigenvalue weighted by atomic mass is 35.5. The highest BCUT2D eigenvalue weighted by molar-refractivity contribution is 7.12. The molecule has 3 rings (SSSR count). The van der Waals surface area contributed by atoms with Gasteiger partial charge in [-0.2, -0.15) is 0 Å². The fraction of sp³-hybridized carbons (Fsp3) is 0.217. The van der Waals surface area contributed by atoms with Gasteiger partial charge in [-0.3, -0.25) is 9.59 Å². The van der Waals surface area contributed by atoms with Gasteiger partial charge in [0.15, 0.2) is 0 Å². The second-order valence-electron chi connectivity index (χ2n) is 7.14. The van der Waals surface area contributed by atoms with E-state index in [1.807, 2.05) is 43.7 Å². The first kappa shape index (κ1) is 22.0. The standard InChI is InChI=1S/C23H24ClN3O2S/c1-27(2)18(13-16-7-4-3-5-8-16)15-25-22(28)17-10-11-19(24)20(14-17)26-23(29)21-9-6-12-30-21/h3-12,14,18H,13,15H2,1-2H3,(H,25,28)(H,26,29)/t18-/m0/s1. The molecule has 0 saturated carbocycles. The molecule has 0 aliphatic carbocycles. The average molecular weight is 442 g/mol. The van der Waals surface area contributed by atoms with Crippen LogP contribution in [0.2, 0.25) is 5.02 Å². The second kappa shape index (κ2) is 10.4. The molecule has 2 amide bonds. The molecule has 0 saturated heterocycles.